The minimum atomic E-state index is -0.366. The van der Waals surface area contributed by atoms with Gasteiger partial charge in [-0.1, -0.05) is 6.92 Å². The van der Waals surface area contributed by atoms with Gasteiger partial charge in [0.05, 0.1) is 19.8 Å². The number of benzene rings is 1. The summed E-state index contributed by atoms with van der Waals surface area (Å²) in [6.07, 6.45) is 2.07. The summed E-state index contributed by atoms with van der Waals surface area (Å²) in [6, 6.07) is 4.38. The summed E-state index contributed by atoms with van der Waals surface area (Å²) >= 11 is 0. The Morgan fingerprint density at radius 1 is 1.33 bits per heavy atom. The molecule has 0 spiro atoms. The van der Waals surface area contributed by atoms with Gasteiger partial charge in [-0.3, -0.25) is 4.79 Å². The summed E-state index contributed by atoms with van der Waals surface area (Å²) in [5.74, 6) is -0.540. The highest BCUT2D eigenvalue weighted by molar-refractivity contribution is 5.94. The van der Waals surface area contributed by atoms with E-state index in [1.165, 1.54) is 12.1 Å². The molecule has 134 valence electrons. The number of carbonyl (C=O) groups excluding carboxylic acids is 1. The maximum absolute atomic E-state index is 13.8. The van der Waals surface area contributed by atoms with Crippen molar-refractivity contribution in [2.45, 2.75) is 26.4 Å². The third-order valence-corrected chi connectivity index (χ3v) is 4.48. The molecule has 24 heavy (non-hydrogen) atoms. The van der Waals surface area contributed by atoms with Gasteiger partial charge < -0.3 is 20.1 Å². The molecular weight excluding hydrogens is 311 g/mol. The average molecular weight is 338 g/mol. The average Bonchev–Trinajstić information content (AvgIpc) is 2.59. The van der Waals surface area contributed by atoms with E-state index in [1.807, 2.05) is 0 Å². The van der Waals surface area contributed by atoms with Crippen molar-refractivity contribution in [1.29, 1.82) is 0 Å². The normalized spacial score (nSPS) is 16.8. The summed E-state index contributed by atoms with van der Waals surface area (Å²) in [7, 11) is 1.58. The third-order valence-electron chi connectivity index (χ3n) is 4.48. The van der Waals surface area contributed by atoms with Crippen LogP contribution < -0.4 is 10.6 Å². The first-order chi connectivity index (χ1) is 11.5. The fourth-order valence-corrected chi connectivity index (χ4v) is 2.75. The molecule has 1 aromatic carbocycles. The Labute approximate surface area is 142 Å². The van der Waals surface area contributed by atoms with Crippen LogP contribution in [0.5, 0.6) is 0 Å². The minimum absolute atomic E-state index is 0.118. The van der Waals surface area contributed by atoms with Gasteiger partial charge in [-0.15, -0.1) is 0 Å². The number of methoxy groups -OCH3 is 1. The third kappa shape index (κ3) is 5.54. The van der Waals surface area contributed by atoms with Crippen LogP contribution in [0.4, 0.5) is 4.39 Å². The number of carbonyl (C=O) groups is 1. The predicted molar refractivity (Wildman–Crippen MR) is 90.5 cm³/mol. The Morgan fingerprint density at radius 3 is 2.79 bits per heavy atom. The van der Waals surface area contributed by atoms with Gasteiger partial charge in [0.25, 0.3) is 5.91 Å². The summed E-state index contributed by atoms with van der Waals surface area (Å²) < 4.78 is 24.1. The summed E-state index contributed by atoms with van der Waals surface area (Å²) in [5.41, 5.74) is 0.957. The maximum Gasteiger partial charge on any atom is 0.251 e. The largest absolute Gasteiger partial charge is 0.382 e. The van der Waals surface area contributed by atoms with Gasteiger partial charge in [-0.2, -0.15) is 0 Å². The van der Waals surface area contributed by atoms with E-state index < -0.39 is 0 Å². The van der Waals surface area contributed by atoms with E-state index >= 15 is 0 Å². The van der Waals surface area contributed by atoms with Crippen molar-refractivity contribution < 1.29 is 18.7 Å². The van der Waals surface area contributed by atoms with Crippen molar-refractivity contribution in [3.8, 4) is 0 Å². The molecule has 1 heterocycles. The molecule has 1 aliphatic rings. The molecular formula is C18H27FN2O3. The number of rotatable bonds is 8. The van der Waals surface area contributed by atoms with E-state index in [-0.39, 0.29) is 23.7 Å². The lowest BCUT2D eigenvalue weighted by Gasteiger charge is -2.34. The first-order valence-electron chi connectivity index (χ1n) is 8.38. The van der Waals surface area contributed by atoms with Gasteiger partial charge in [0, 0.05) is 24.8 Å². The predicted octanol–water partition coefficient (Wildman–Crippen LogP) is 2.11. The van der Waals surface area contributed by atoms with Gasteiger partial charge in [0.1, 0.15) is 5.82 Å². The lowest BCUT2D eigenvalue weighted by molar-refractivity contribution is 0.0603. The number of amides is 1. The van der Waals surface area contributed by atoms with Gasteiger partial charge in [-0.25, -0.2) is 4.39 Å². The standard InChI is InChI=1S/C18H27FN2O3/c1-18(5-7-20-8-6-18)13-21-17(22)14-3-4-16(19)15(11-14)12-24-10-9-23-2/h3-4,11,20H,5-10,12-13H2,1-2H3,(H,21,22). The number of halogens is 1. The molecule has 5 nitrogen and oxygen atoms in total. The summed E-state index contributed by atoms with van der Waals surface area (Å²) in [6.45, 7) is 5.74. The molecule has 2 N–H and O–H groups in total. The zero-order chi connectivity index (χ0) is 17.4. The van der Waals surface area contributed by atoms with Gasteiger partial charge in [-0.05, 0) is 49.5 Å². The lowest BCUT2D eigenvalue weighted by Crippen LogP contribution is -2.42. The van der Waals surface area contributed by atoms with Crippen molar-refractivity contribution in [2.75, 3.05) is 40.0 Å². The SMILES string of the molecule is COCCOCc1cc(C(=O)NCC2(C)CCNCC2)ccc1F. The second-order valence-corrected chi connectivity index (χ2v) is 6.59. The summed E-state index contributed by atoms with van der Waals surface area (Å²) in [4.78, 5) is 12.4. The van der Waals surface area contributed by atoms with Crippen LogP contribution in [0.25, 0.3) is 0 Å². The maximum atomic E-state index is 13.8. The van der Waals surface area contributed by atoms with E-state index in [0.29, 0.717) is 30.9 Å². The monoisotopic (exact) mass is 338 g/mol. The quantitative estimate of drug-likeness (QED) is 0.713. The van der Waals surface area contributed by atoms with Crippen LogP contribution in [-0.4, -0.2) is 45.9 Å². The zero-order valence-electron chi connectivity index (χ0n) is 14.5. The van der Waals surface area contributed by atoms with E-state index in [2.05, 4.69) is 17.6 Å². The van der Waals surface area contributed by atoms with E-state index in [1.54, 1.807) is 13.2 Å². The van der Waals surface area contributed by atoms with Crippen molar-refractivity contribution >= 4 is 5.91 Å². The highest BCUT2D eigenvalue weighted by Crippen LogP contribution is 2.26. The molecule has 2 rings (SSSR count). The molecule has 1 amide bonds. The smallest absolute Gasteiger partial charge is 0.251 e. The highest BCUT2D eigenvalue weighted by Gasteiger charge is 2.27. The van der Waals surface area contributed by atoms with Crippen LogP contribution in [0.3, 0.4) is 0 Å². The lowest BCUT2D eigenvalue weighted by atomic mass is 9.81. The molecule has 1 saturated heterocycles. The molecule has 1 fully saturated rings. The Bertz CT molecular complexity index is 545. The van der Waals surface area contributed by atoms with Crippen molar-refractivity contribution in [3.63, 3.8) is 0 Å². The van der Waals surface area contributed by atoms with Crippen LogP contribution in [0.15, 0.2) is 18.2 Å². The number of hydrogen-bond donors (Lipinski definition) is 2. The van der Waals surface area contributed by atoms with Crippen LogP contribution >= 0.6 is 0 Å². The highest BCUT2D eigenvalue weighted by atomic mass is 19.1. The molecule has 6 heteroatoms. The second-order valence-electron chi connectivity index (χ2n) is 6.59. The van der Waals surface area contributed by atoms with E-state index in [4.69, 9.17) is 9.47 Å². The van der Waals surface area contributed by atoms with Crippen LogP contribution in [0, 0.1) is 11.2 Å². The summed E-state index contributed by atoms with van der Waals surface area (Å²) in [5, 5.41) is 6.31. The fraction of sp³-hybridized carbons (Fsp3) is 0.611. The Morgan fingerprint density at radius 2 is 2.08 bits per heavy atom. The Hall–Kier alpha value is -1.50. The number of nitrogens with one attached hydrogen (secondary N) is 2. The molecule has 0 bridgehead atoms. The van der Waals surface area contributed by atoms with Crippen LogP contribution in [0.1, 0.15) is 35.7 Å². The van der Waals surface area contributed by atoms with Crippen LogP contribution in [0.2, 0.25) is 0 Å². The molecule has 0 aromatic heterocycles. The topological polar surface area (TPSA) is 59.6 Å². The fourth-order valence-electron chi connectivity index (χ4n) is 2.75. The van der Waals surface area contributed by atoms with E-state index in [9.17, 15) is 9.18 Å². The Kier molecular flexibility index (Phi) is 7.15. The molecule has 0 radical (unpaired) electrons. The molecule has 0 unspecified atom stereocenters. The number of ether oxygens (including phenoxy) is 2. The first kappa shape index (κ1) is 18.8. The van der Waals surface area contributed by atoms with Gasteiger partial charge in [0.15, 0.2) is 0 Å². The van der Waals surface area contributed by atoms with Gasteiger partial charge in [0.2, 0.25) is 0 Å². The van der Waals surface area contributed by atoms with Crippen molar-refractivity contribution in [3.05, 3.63) is 35.1 Å². The van der Waals surface area contributed by atoms with Crippen molar-refractivity contribution in [1.82, 2.24) is 10.6 Å². The Balaban J connectivity index is 1.91. The number of hydrogen-bond acceptors (Lipinski definition) is 4. The first-order valence-corrected chi connectivity index (χ1v) is 8.38. The molecule has 1 aromatic rings. The molecule has 1 aliphatic heterocycles. The molecule has 0 saturated carbocycles. The second kappa shape index (κ2) is 9.11. The van der Waals surface area contributed by atoms with Crippen LogP contribution in [-0.2, 0) is 16.1 Å². The number of piperidine rings is 1. The molecule has 0 aliphatic carbocycles. The zero-order valence-corrected chi connectivity index (χ0v) is 14.5. The van der Waals surface area contributed by atoms with Crippen molar-refractivity contribution in [2.24, 2.45) is 5.41 Å². The van der Waals surface area contributed by atoms with Gasteiger partial charge >= 0.3 is 0 Å². The molecule has 0 atom stereocenters. The van der Waals surface area contributed by atoms with E-state index in [0.717, 1.165) is 25.9 Å². The minimum Gasteiger partial charge on any atom is -0.382 e.